The Labute approximate surface area is 118 Å². The van der Waals surface area contributed by atoms with Crippen molar-refractivity contribution in [1.29, 1.82) is 0 Å². The third-order valence-electron chi connectivity index (χ3n) is 2.38. The van der Waals surface area contributed by atoms with Crippen LogP contribution in [0.3, 0.4) is 0 Å². The smallest absolute Gasteiger partial charge is 0.0582 e. The van der Waals surface area contributed by atoms with Gasteiger partial charge in [-0.05, 0) is 45.3 Å². The summed E-state index contributed by atoms with van der Waals surface area (Å²) in [6, 6.07) is 6.89. The molecule has 0 saturated heterocycles. The number of hydrogen-bond acceptors (Lipinski definition) is 2. The van der Waals surface area contributed by atoms with Crippen molar-refractivity contribution in [3.05, 3.63) is 62.3 Å². The first kappa shape index (κ1) is 12.8. The molecule has 0 amide bonds. The van der Waals surface area contributed by atoms with Crippen molar-refractivity contribution in [2.75, 3.05) is 0 Å². The van der Waals surface area contributed by atoms with E-state index in [1.54, 1.807) is 24.5 Å². The van der Waals surface area contributed by atoms with Crippen molar-refractivity contribution in [3.8, 4) is 0 Å². The number of pyridine rings is 1. The quantitative estimate of drug-likeness (QED) is 0.895. The summed E-state index contributed by atoms with van der Waals surface area (Å²) in [5.41, 5.74) is 7.87. The van der Waals surface area contributed by atoms with E-state index in [0.717, 1.165) is 15.6 Å². The minimum atomic E-state index is -0.315. The molecule has 1 aromatic heterocycles. The second-order valence-electron chi connectivity index (χ2n) is 3.58. The average Bonchev–Trinajstić information content (AvgIpc) is 2.28. The monoisotopic (exact) mass is 330 g/mol. The molecule has 0 aliphatic rings. The van der Waals surface area contributed by atoms with Crippen molar-refractivity contribution in [1.82, 2.24) is 4.98 Å². The normalized spacial score (nSPS) is 12.5. The molecule has 1 heterocycles. The van der Waals surface area contributed by atoms with Crippen molar-refractivity contribution < 1.29 is 0 Å². The highest BCUT2D eigenvalue weighted by molar-refractivity contribution is 9.10. The van der Waals surface area contributed by atoms with Gasteiger partial charge in [0.05, 0.1) is 6.04 Å². The number of benzene rings is 1. The lowest BCUT2D eigenvalue weighted by atomic mass is 10.0. The lowest BCUT2D eigenvalue weighted by molar-refractivity contribution is 0.862. The Morgan fingerprint density at radius 1 is 1.18 bits per heavy atom. The maximum Gasteiger partial charge on any atom is 0.0582 e. The lowest BCUT2D eigenvalue weighted by Gasteiger charge is -2.14. The van der Waals surface area contributed by atoms with E-state index in [4.69, 9.17) is 28.9 Å². The van der Waals surface area contributed by atoms with Gasteiger partial charge < -0.3 is 5.73 Å². The zero-order valence-electron chi connectivity index (χ0n) is 8.70. The number of halogens is 3. The van der Waals surface area contributed by atoms with Crippen LogP contribution < -0.4 is 5.73 Å². The van der Waals surface area contributed by atoms with Crippen LogP contribution in [0.4, 0.5) is 0 Å². The summed E-state index contributed by atoms with van der Waals surface area (Å²) < 4.78 is 0.885. The molecule has 1 aromatic carbocycles. The Balaban J connectivity index is 2.40. The van der Waals surface area contributed by atoms with Gasteiger partial charge in [0.25, 0.3) is 0 Å². The molecule has 0 saturated carbocycles. The SMILES string of the molecule is NC(c1cncc(Br)c1)c1ccc(Cl)cc1Cl. The van der Waals surface area contributed by atoms with Gasteiger partial charge in [0, 0.05) is 26.9 Å². The van der Waals surface area contributed by atoms with Gasteiger partial charge in [-0.25, -0.2) is 0 Å². The van der Waals surface area contributed by atoms with Crippen molar-refractivity contribution >= 4 is 39.1 Å². The number of hydrogen-bond donors (Lipinski definition) is 1. The molecule has 17 heavy (non-hydrogen) atoms. The first-order chi connectivity index (χ1) is 8.08. The van der Waals surface area contributed by atoms with Gasteiger partial charge >= 0.3 is 0 Å². The van der Waals surface area contributed by atoms with Crippen LogP contribution in [0.1, 0.15) is 17.2 Å². The Bertz CT molecular complexity index is 546. The highest BCUT2D eigenvalue weighted by atomic mass is 79.9. The fourth-order valence-electron chi connectivity index (χ4n) is 1.53. The molecular weight excluding hydrogens is 323 g/mol. The lowest BCUT2D eigenvalue weighted by Crippen LogP contribution is -2.12. The van der Waals surface area contributed by atoms with E-state index in [1.807, 2.05) is 12.1 Å². The highest BCUT2D eigenvalue weighted by Crippen LogP contribution is 2.29. The van der Waals surface area contributed by atoms with Crippen LogP contribution in [0.2, 0.25) is 10.0 Å². The second-order valence-corrected chi connectivity index (χ2v) is 5.34. The standard InChI is InChI=1S/C12H9BrCl2N2/c13-8-3-7(5-17-6-8)12(16)10-2-1-9(14)4-11(10)15/h1-6,12H,16H2. The van der Waals surface area contributed by atoms with Crippen molar-refractivity contribution in [2.45, 2.75) is 6.04 Å². The summed E-state index contributed by atoms with van der Waals surface area (Å²) in [7, 11) is 0. The zero-order valence-corrected chi connectivity index (χ0v) is 11.8. The van der Waals surface area contributed by atoms with Crippen LogP contribution in [-0.4, -0.2) is 4.98 Å². The van der Waals surface area contributed by atoms with Gasteiger partial charge in [-0.15, -0.1) is 0 Å². The summed E-state index contributed by atoms with van der Waals surface area (Å²) in [6.45, 7) is 0. The van der Waals surface area contributed by atoms with Crippen LogP contribution in [0.15, 0.2) is 41.1 Å². The summed E-state index contributed by atoms with van der Waals surface area (Å²) in [4.78, 5) is 4.08. The third-order valence-corrected chi connectivity index (χ3v) is 3.38. The van der Waals surface area contributed by atoms with Gasteiger partial charge in [0.15, 0.2) is 0 Å². The van der Waals surface area contributed by atoms with E-state index < -0.39 is 0 Å². The molecule has 0 radical (unpaired) electrons. The number of nitrogens with zero attached hydrogens (tertiary/aromatic N) is 1. The van der Waals surface area contributed by atoms with Crippen LogP contribution in [-0.2, 0) is 0 Å². The minimum Gasteiger partial charge on any atom is -0.320 e. The fourth-order valence-corrected chi connectivity index (χ4v) is 2.44. The van der Waals surface area contributed by atoms with Gasteiger partial charge in [-0.2, -0.15) is 0 Å². The van der Waals surface area contributed by atoms with Gasteiger partial charge in [0.1, 0.15) is 0 Å². The van der Waals surface area contributed by atoms with E-state index in [1.165, 1.54) is 0 Å². The first-order valence-corrected chi connectivity index (χ1v) is 6.44. The van der Waals surface area contributed by atoms with E-state index >= 15 is 0 Å². The molecule has 0 aliphatic carbocycles. The molecule has 0 bridgehead atoms. The average molecular weight is 332 g/mol. The highest BCUT2D eigenvalue weighted by Gasteiger charge is 2.13. The van der Waals surface area contributed by atoms with Crippen LogP contribution in [0, 0.1) is 0 Å². The van der Waals surface area contributed by atoms with E-state index in [9.17, 15) is 0 Å². The topological polar surface area (TPSA) is 38.9 Å². The summed E-state index contributed by atoms with van der Waals surface area (Å²) in [5, 5.41) is 1.16. The Kier molecular flexibility index (Phi) is 4.05. The van der Waals surface area contributed by atoms with E-state index in [2.05, 4.69) is 20.9 Å². The molecule has 0 aliphatic heterocycles. The minimum absolute atomic E-state index is 0.315. The predicted molar refractivity (Wildman–Crippen MR) is 74.4 cm³/mol. The predicted octanol–water partition coefficient (Wildman–Crippen LogP) is 4.20. The molecule has 2 rings (SSSR count). The molecule has 1 unspecified atom stereocenters. The molecular formula is C12H9BrCl2N2. The van der Waals surface area contributed by atoms with Crippen molar-refractivity contribution in [3.63, 3.8) is 0 Å². The zero-order chi connectivity index (χ0) is 12.4. The van der Waals surface area contributed by atoms with Gasteiger partial charge in [-0.3, -0.25) is 4.98 Å². The van der Waals surface area contributed by atoms with Gasteiger partial charge in [-0.1, -0.05) is 29.3 Å². The largest absolute Gasteiger partial charge is 0.320 e. The summed E-state index contributed by atoms with van der Waals surface area (Å²) in [6.07, 6.45) is 3.43. The molecule has 2 aromatic rings. The summed E-state index contributed by atoms with van der Waals surface area (Å²) in [5.74, 6) is 0. The first-order valence-electron chi connectivity index (χ1n) is 4.89. The Morgan fingerprint density at radius 2 is 1.94 bits per heavy atom. The molecule has 2 nitrogen and oxygen atoms in total. The number of nitrogens with two attached hydrogens (primary N) is 1. The van der Waals surface area contributed by atoms with Crippen LogP contribution >= 0.6 is 39.1 Å². The summed E-state index contributed by atoms with van der Waals surface area (Å²) >= 11 is 15.3. The molecule has 5 heteroatoms. The maximum atomic E-state index is 6.15. The van der Waals surface area contributed by atoms with E-state index in [-0.39, 0.29) is 6.04 Å². The Hall–Kier alpha value is -0.610. The molecule has 0 spiro atoms. The number of aromatic nitrogens is 1. The van der Waals surface area contributed by atoms with Crippen LogP contribution in [0.25, 0.3) is 0 Å². The second kappa shape index (κ2) is 5.36. The molecule has 2 N–H and O–H groups in total. The van der Waals surface area contributed by atoms with Crippen LogP contribution in [0.5, 0.6) is 0 Å². The van der Waals surface area contributed by atoms with Crippen molar-refractivity contribution in [2.24, 2.45) is 5.73 Å². The third kappa shape index (κ3) is 2.99. The molecule has 88 valence electrons. The number of rotatable bonds is 2. The van der Waals surface area contributed by atoms with Gasteiger partial charge in [0.2, 0.25) is 0 Å². The van der Waals surface area contributed by atoms with E-state index in [0.29, 0.717) is 10.0 Å². The maximum absolute atomic E-state index is 6.15. The fraction of sp³-hybridized carbons (Fsp3) is 0.0833. The molecule has 1 atom stereocenters. The molecule has 0 fully saturated rings. The Morgan fingerprint density at radius 3 is 2.59 bits per heavy atom.